The van der Waals surface area contributed by atoms with E-state index in [4.69, 9.17) is 0 Å². The predicted molar refractivity (Wildman–Crippen MR) is 77.9 cm³/mol. The summed E-state index contributed by atoms with van der Waals surface area (Å²) in [4.78, 5) is 24.9. The molecule has 0 fully saturated rings. The lowest BCUT2D eigenvalue weighted by Crippen LogP contribution is -2.37. The largest absolute Gasteiger partial charge is 0.333 e. The van der Waals surface area contributed by atoms with Gasteiger partial charge in [0.15, 0.2) is 0 Å². The zero-order chi connectivity index (χ0) is 16.1. The quantitative estimate of drug-likeness (QED) is 0.886. The molecule has 0 bridgehead atoms. The summed E-state index contributed by atoms with van der Waals surface area (Å²) < 4.78 is 26.9. The highest BCUT2D eigenvalue weighted by atomic mass is 19.1. The Balaban J connectivity index is 2.04. The number of rotatable bonds is 3. The van der Waals surface area contributed by atoms with Gasteiger partial charge in [-0.15, -0.1) is 0 Å². The number of likely N-dealkylation sites (N-methyl/N-ethyl adjacent to an activating group) is 1. The van der Waals surface area contributed by atoms with Gasteiger partial charge in [-0.2, -0.15) is 0 Å². The summed E-state index contributed by atoms with van der Waals surface area (Å²) in [7, 11) is 1.44. The molecule has 2 amide bonds. The van der Waals surface area contributed by atoms with E-state index in [-0.39, 0.29) is 6.54 Å². The summed E-state index contributed by atoms with van der Waals surface area (Å²) >= 11 is 0. The first-order valence-corrected chi connectivity index (χ1v) is 6.53. The molecule has 0 unspecified atom stereocenters. The molecule has 0 spiro atoms. The lowest BCUT2D eigenvalue weighted by Gasteiger charge is -2.17. The maximum Gasteiger partial charge on any atom is 0.314 e. The molecular formula is C16H14F2N2O2. The number of carbonyl (C=O) groups is 2. The maximum absolute atomic E-state index is 13.4. The molecule has 0 radical (unpaired) electrons. The first kappa shape index (κ1) is 15.6. The van der Waals surface area contributed by atoms with Crippen LogP contribution in [0, 0.1) is 11.6 Å². The first-order chi connectivity index (χ1) is 10.5. The van der Waals surface area contributed by atoms with Gasteiger partial charge in [0.25, 0.3) is 0 Å². The van der Waals surface area contributed by atoms with Crippen molar-refractivity contribution in [3.05, 3.63) is 65.7 Å². The fraction of sp³-hybridized carbons (Fsp3) is 0.125. The average Bonchev–Trinajstić information content (AvgIpc) is 2.51. The Morgan fingerprint density at radius 1 is 1.00 bits per heavy atom. The van der Waals surface area contributed by atoms with E-state index in [1.54, 1.807) is 12.1 Å². The standard InChI is InChI=1S/C16H14F2N2O2/c1-20(10-11-6-3-2-4-7-11)16(22)15(21)19-14-12(17)8-5-9-13(14)18/h2-9H,10H2,1H3,(H,19,21). The molecule has 6 heteroatoms. The number of halogens is 2. The Morgan fingerprint density at radius 3 is 2.18 bits per heavy atom. The monoisotopic (exact) mass is 304 g/mol. The van der Waals surface area contributed by atoms with Gasteiger partial charge in [0, 0.05) is 13.6 Å². The SMILES string of the molecule is CN(Cc1ccccc1)C(=O)C(=O)Nc1c(F)cccc1F. The fourth-order valence-corrected chi connectivity index (χ4v) is 1.89. The van der Waals surface area contributed by atoms with E-state index in [1.165, 1.54) is 18.0 Å². The Kier molecular flexibility index (Phi) is 4.83. The fourth-order valence-electron chi connectivity index (χ4n) is 1.89. The summed E-state index contributed by atoms with van der Waals surface area (Å²) in [6.45, 7) is 0.215. The van der Waals surface area contributed by atoms with Crippen LogP contribution in [0.15, 0.2) is 48.5 Å². The normalized spacial score (nSPS) is 10.1. The highest BCUT2D eigenvalue weighted by Gasteiger charge is 2.21. The second kappa shape index (κ2) is 6.80. The van der Waals surface area contributed by atoms with E-state index in [0.29, 0.717) is 0 Å². The van der Waals surface area contributed by atoms with E-state index < -0.39 is 29.1 Å². The van der Waals surface area contributed by atoms with E-state index in [9.17, 15) is 18.4 Å². The smallest absolute Gasteiger partial charge is 0.314 e. The van der Waals surface area contributed by atoms with Crippen molar-refractivity contribution < 1.29 is 18.4 Å². The van der Waals surface area contributed by atoms with Crippen LogP contribution in [0.3, 0.4) is 0 Å². The molecule has 1 N–H and O–H groups in total. The van der Waals surface area contributed by atoms with Gasteiger partial charge in [-0.1, -0.05) is 36.4 Å². The number of nitrogens with one attached hydrogen (secondary N) is 1. The van der Waals surface area contributed by atoms with Crippen molar-refractivity contribution >= 4 is 17.5 Å². The maximum atomic E-state index is 13.4. The van der Waals surface area contributed by atoms with Gasteiger partial charge in [0.05, 0.1) is 0 Å². The Morgan fingerprint density at radius 2 is 1.59 bits per heavy atom. The second-order valence-corrected chi connectivity index (χ2v) is 4.70. The van der Waals surface area contributed by atoms with Gasteiger partial charge in [0.1, 0.15) is 17.3 Å². The van der Waals surface area contributed by atoms with Crippen LogP contribution in [0.1, 0.15) is 5.56 Å². The molecule has 4 nitrogen and oxygen atoms in total. The molecule has 22 heavy (non-hydrogen) atoms. The second-order valence-electron chi connectivity index (χ2n) is 4.70. The average molecular weight is 304 g/mol. The number of hydrogen-bond donors (Lipinski definition) is 1. The van der Waals surface area contributed by atoms with Crippen LogP contribution in [0.4, 0.5) is 14.5 Å². The highest BCUT2D eigenvalue weighted by molar-refractivity contribution is 6.39. The van der Waals surface area contributed by atoms with Crippen LogP contribution in [-0.4, -0.2) is 23.8 Å². The van der Waals surface area contributed by atoms with Crippen LogP contribution in [0.25, 0.3) is 0 Å². The third-order valence-corrected chi connectivity index (χ3v) is 3.00. The van der Waals surface area contributed by atoms with Crippen molar-refractivity contribution in [2.45, 2.75) is 6.54 Å². The molecule has 0 atom stereocenters. The zero-order valence-electron chi connectivity index (χ0n) is 11.8. The molecule has 2 aromatic rings. The van der Waals surface area contributed by atoms with Crippen LogP contribution < -0.4 is 5.32 Å². The van der Waals surface area contributed by atoms with E-state index in [1.807, 2.05) is 23.5 Å². The number of para-hydroxylation sites is 1. The molecule has 114 valence electrons. The van der Waals surface area contributed by atoms with Gasteiger partial charge in [-0.05, 0) is 17.7 Å². The zero-order valence-corrected chi connectivity index (χ0v) is 11.8. The van der Waals surface area contributed by atoms with Gasteiger partial charge in [0.2, 0.25) is 0 Å². The van der Waals surface area contributed by atoms with Gasteiger partial charge < -0.3 is 10.2 Å². The Bertz CT molecular complexity index is 670. The van der Waals surface area contributed by atoms with Crippen molar-refractivity contribution in [3.63, 3.8) is 0 Å². The first-order valence-electron chi connectivity index (χ1n) is 6.53. The van der Waals surface area contributed by atoms with Crippen molar-refractivity contribution in [3.8, 4) is 0 Å². The van der Waals surface area contributed by atoms with Crippen molar-refractivity contribution in [1.29, 1.82) is 0 Å². The third kappa shape index (κ3) is 3.66. The predicted octanol–water partition coefficient (Wildman–Crippen LogP) is 2.56. The van der Waals surface area contributed by atoms with E-state index in [0.717, 1.165) is 17.7 Å². The third-order valence-electron chi connectivity index (χ3n) is 3.00. The summed E-state index contributed by atoms with van der Waals surface area (Å²) in [6.07, 6.45) is 0. The summed E-state index contributed by atoms with van der Waals surface area (Å²) in [6, 6.07) is 12.2. The van der Waals surface area contributed by atoms with Crippen molar-refractivity contribution in [1.82, 2.24) is 4.90 Å². The molecular weight excluding hydrogens is 290 g/mol. The molecule has 0 aliphatic carbocycles. The molecule has 0 saturated carbocycles. The number of hydrogen-bond acceptors (Lipinski definition) is 2. The molecule has 0 aliphatic heterocycles. The summed E-state index contributed by atoms with van der Waals surface area (Å²) in [5.74, 6) is -3.85. The lowest BCUT2D eigenvalue weighted by molar-refractivity contribution is -0.142. The minimum atomic E-state index is -1.09. The van der Waals surface area contributed by atoms with Crippen LogP contribution in [0.5, 0.6) is 0 Å². The highest BCUT2D eigenvalue weighted by Crippen LogP contribution is 2.18. The topological polar surface area (TPSA) is 49.4 Å². The number of benzene rings is 2. The van der Waals surface area contributed by atoms with Crippen LogP contribution >= 0.6 is 0 Å². The summed E-state index contributed by atoms with van der Waals surface area (Å²) in [5, 5.41) is 1.96. The van der Waals surface area contributed by atoms with Gasteiger partial charge in [-0.25, -0.2) is 8.78 Å². The van der Waals surface area contributed by atoms with E-state index >= 15 is 0 Å². The Hall–Kier alpha value is -2.76. The number of nitrogens with zero attached hydrogens (tertiary/aromatic N) is 1. The van der Waals surface area contributed by atoms with Crippen molar-refractivity contribution in [2.24, 2.45) is 0 Å². The van der Waals surface area contributed by atoms with Crippen LogP contribution in [0.2, 0.25) is 0 Å². The minimum Gasteiger partial charge on any atom is -0.333 e. The molecule has 0 aromatic heterocycles. The number of amides is 2. The molecule has 0 aliphatic rings. The minimum absolute atomic E-state index is 0.215. The molecule has 0 saturated heterocycles. The van der Waals surface area contributed by atoms with Gasteiger partial charge in [-0.3, -0.25) is 9.59 Å². The molecule has 2 rings (SSSR count). The Labute approximate surface area is 126 Å². The lowest BCUT2D eigenvalue weighted by atomic mass is 10.2. The number of anilines is 1. The van der Waals surface area contributed by atoms with Gasteiger partial charge >= 0.3 is 11.8 Å². The summed E-state index contributed by atoms with van der Waals surface area (Å²) in [5.41, 5.74) is 0.206. The van der Waals surface area contributed by atoms with Crippen molar-refractivity contribution in [2.75, 3.05) is 12.4 Å². The molecule has 0 heterocycles. The van der Waals surface area contributed by atoms with Crippen LogP contribution in [-0.2, 0) is 16.1 Å². The number of carbonyl (C=O) groups excluding carboxylic acids is 2. The van der Waals surface area contributed by atoms with E-state index in [2.05, 4.69) is 0 Å². The molecule has 2 aromatic carbocycles.